The Bertz CT molecular complexity index is 668. The van der Waals surface area contributed by atoms with Gasteiger partial charge in [0.1, 0.15) is 16.4 Å². The summed E-state index contributed by atoms with van der Waals surface area (Å²) >= 11 is 5.83. The molecule has 0 unspecified atom stereocenters. The van der Waals surface area contributed by atoms with Crippen molar-refractivity contribution in [1.82, 2.24) is 4.72 Å². The molecule has 0 saturated carbocycles. The number of rotatable bonds is 6. The van der Waals surface area contributed by atoms with Gasteiger partial charge in [-0.05, 0) is 30.3 Å². The van der Waals surface area contributed by atoms with E-state index < -0.39 is 10.0 Å². The lowest BCUT2D eigenvalue weighted by atomic mass is 10.3. The summed E-state index contributed by atoms with van der Waals surface area (Å²) in [5.74, 6) is 0.964. The zero-order valence-corrected chi connectivity index (χ0v) is 12.4. The predicted octanol–water partition coefficient (Wildman–Crippen LogP) is 2.46. The van der Waals surface area contributed by atoms with Crippen LogP contribution in [-0.4, -0.2) is 22.1 Å². The summed E-state index contributed by atoms with van der Waals surface area (Å²) in [6.07, 6.45) is 2.01. The first-order chi connectivity index (χ1) is 9.53. The van der Waals surface area contributed by atoms with Crippen molar-refractivity contribution in [1.29, 1.82) is 0 Å². The number of halogens is 1. The van der Waals surface area contributed by atoms with Gasteiger partial charge in [-0.2, -0.15) is 0 Å². The maximum atomic E-state index is 12.2. The van der Waals surface area contributed by atoms with Crippen LogP contribution in [0.25, 0.3) is 0 Å². The molecule has 0 radical (unpaired) electrons. The normalized spacial score (nSPS) is 11.5. The van der Waals surface area contributed by atoms with Gasteiger partial charge in [-0.1, -0.05) is 11.6 Å². The zero-order valence-electron chi connectivity index (χ0n) is 10.8. The number of methoxy groups -OCH3 is 1. The molecule has 0 aliphatic rings. The molecule has 2 rings (SSSR count). The highest BCUT2D eigenvalue weighted by molar-refractivity contribution is 7.89. The monoisotopic (exact) mass is 315 g/mol. The van der Waals surface area contributed by atoms with Gasteiger partial charge in [0.25, 0.3) is 0 Å². The second kappa shape index (κ2) is 6.30. The molecular weight excluding hydrogens is 302 g/mol. The number of hydrogen-bond acceptors (Lipinski definition) is 4. The van der Waals surface area contributed by atoms with E-state index in [1.165, 1.54) is 19.2 Å². The molecule has 0 spiro atoms. The molecule has 0 fully saturated rings. The Balaban J connectivity index is 2.11. The molecule has 2 aromatic rings. The second-order valence-corrected chi connectivity index (χ2v) is 6.19. The van der Waals surface area contributed by atoms with Crippen molar-refractivity contribution in [3.05, 3.63) is 47.4 Å². The molecule has 108 valence electrons. The van der Waals surface area contributed by atoms with E-state index in [1.807, 2.05) is 0 Å². The standard InChI is InChI=1S/C13H14ClNO4S/c1-18-12-5-4-10(14)9-13(12)20(16,17)15-7-6-11-3-2-8-19-11/h2-5,8-9,15H,6-7H2,1H3. The predicted molar refractivity (Wildman–Crippen MR) is 75.6 cm³/mol. The molecule has 7 heteroatoms. The Labute approximate surface area is 122 Å². The minimum atomic E-state index is -3.68. The van der Waals surface area contributed by atoms with Crippen molar-refractivity contribution >= 4 is 21.6 Å². The highest BCUT2D eigenvalue weighted by atomic mass is 35.5. The molecule has 20 heavy (non-hydrogen) atoms. The third-order valence-electron chi connectivity index (χ3n) is 2.66. The second-order valence-electron chi connectivity index (χ2n) is 4.02. The van der Waals surface area contributed by atoms with Gasteiger partial charge in [0.2, 0.25) is 10.0 Å². The molecule has 1 aromatic heterocycles. The number of nitrogens with one attached hydrogen (secondary N) is 1. The average Bonchev–Trinajstić information content (AvgIpc) is 2.91. The highest BCUT2D eigenvalue weighted by Crippen LogP contribution is 2.26. The fourth-order valence-electron chi connectivity index (χ4n) is 1.70. The van der Waals surface area contributed by atoms with Crippen molar-refractivity contribution in [2.75, 3.05) is 13.7 Å². The Kier molecular flexibility index (Phi) is 4.69. The lowest BCUT2D eigenvalue weighted by molar-refractivity contribution is 0.402. The summed E-state index contributed by atoms with van der Waals surface area (Å²) in [4.78, 5) is 0.0203. The molecule has 1 N–H and O–H groups in total. The first-order valence-corrected chi connectivity index (χ1v) is 7.74. The first kappa shape index (κ1) is 14.9. The maximum absolute atomic E-state index is 12.2. The molecule has 1 heterocycles. The third kappa shape index (κ3) is 3.53. The van der Waals surface area contributed by atoms with E-state index in [0.29, 0.717) is 17.2 Å². The summed E-state index contributed by atoms with van der Waals surface area (Å²) < 4.78 is 37.1. The lowest BCUT2D eigenvalue weighted by Gasteiger charge is -2.10. The topological polar surface area (TPSA) is 68.5 Å². The molecule has 0 aliphatic carbocycles. The summed E-state index contributed by atoms with van der Waals surface area (Å²) in [5.41, 5.74) is 0. The van der Waals surface area contributed by atoms with Crippen molar-refractivity contribution in [2.45, 2.75) is 11.3 Å². The van der Waals surface area contributed by atoms with Crippen LogP contribution in [0.4, 0.5) is 0 Å². The van der Waals surface area contributed by atoms with Crippen LogP contribution in [0.15, 0.2) is 45.9 Å². The lowest BCUT2D eigenvalue weighted by Crippen LogP contribution is -2.26. The summed E-state index contributed by atoms with van der Waals surface area (Å²) in [7, 11) is -2.27. The van der Waals surface area contributed by atoms with E-state index in [-0.39, 0.29) is 17.2 Å². The van der Waals surface area contributed by atoms with E-state index in [4.69, 9.17) is 20.8 Å². The smallest absolute Gasteiger partial charge is 0.244 e. The van der Waals surface area contributed by atoms with Gasteiger partial charge in [-0.3, -0.25) is 0 Å². The molecule has 1 aromatic carbocycles. The van der Waals surface area contributed by atoms with Gasteiger partial charge in [-0.25, -0.2) is 13.1 Å². The van der Waals surface area contributed by atoms with Crippen LogP contribution >= 0.6 is 11.6 Å². The van der Waals surface area contributed by atoms with Gasteiger partial charge < -0.3 is 9.15 Å². The highest BCUT2D eigenvalue weighted by Gasteiger charge is 2.19. The number of ether oxygens (including phenoxy) is 1. The van der Waals surface area contributed by atoms with Crippen LogP contribution in [-0.2, 0) is 16.4 Å². The minimum absolute atomic E-state index is 0.0203. The number of sulfonamides is 1. The van der Waals surface area contributed by atoms with Crippen LogP contribution in [0.1, 0.15) is 5.76 Å². The van der Waals surface area contributed by atoms with Gasteiger partial charge in [-0.15, -0.1) is 0 Å². The van der Waals surface area contributed by atoms with E-state index in [1.54, 1.807) is 24.5 Å². The Morgan fingerprint density at radius 3 is 2.80 bits per heavy atom. The van der Waals surface area contributed by atoms with Crippen LogP contribution in [0.5, 0.6) is 5.75 Å². The molecule has 0 saturated heterocycles. The van der Waals surface area contributed by atoms with Crippen molar-refractivity contribution in [3.63, 3.8) is 0 Å². The zero-order chi connectivity index (χ0) is 14.6. The van der Waals surface area contributed by atoms with Crippen LogP contribution in [0.3, 0.4) is 0 Å². The molecule has 0 atom stereocenters. The fraction of sp³-hybridized carbons (Fsp3) is 0.231. The molecule has 0 amide bonds. The Hall–Kier alpha value is -1.50. The molecule has 5 nitrogen and oxygen atoms in total. The first-order valence-electron chi connectivity index (χ1n) is 5.88. The van der Waals surface area contributed by atoms with Crippen LogP contribution < -0.4 is 9.46 Å². The molecule has 0 aliphatic heterocycles. The maximum Gasteiger partial charge on any atom is 0.244 e. The van der Waals surface area contributed by atoms with Gasteiger partial charge in [0, 0.05) is 18.0 Å². The van der Waals surface area contributed by atoms with Crippen LogP contribution in [0, 0.1) is 0 Å². The summed E-state index contributed by atoms with van der Waals surface area (Å²) in [6.45, 7) is 0.228. The van der Waals surface area contributed by atoms with E-state index in [2.05, 4.69) is 4.72 Å². The van der Waals surface area contributed by atoms with E-state index >= 15 is 0 Å². The number of benzene rings is 1. The quantitative estimate of drug-likeness (QED) is 0.889. The average molecular weight is 316 g/mol. The third-order valence-corrected chi connectivity index (χ3v) is 4.38. The van der Waals surface area contributed by atoms with Gasteiger partial charge in [0.15, 0.2) is 0 Å². The van der Waals surface area contributed by atoms with Crippen molar-refractivity contribution < 1.29 is 17.6 Å². The fourth-order valence-corrected chi connectivity index (χ4v) is 3.16. The van der Waals surface area contributed by atoms with Gasteiger partial charge >= 0.3 is 0 Å². The molecular formula is C13H14ClNO4S. The van der Waals surface area contributed by atoms with Crippen LogP contribution in [0.2, 0.25) is 5.02 Å². The number of hydrogen-bond donors (Lipinski definition) is 1. The van der Waals surface area contributed by atoms with Crippen molar-refractivity contribution in [2.24, 2.45) is 0 Å². The van der Waals surface area contributed by atoms with Gasteiger partial charge in [0.05, 0.1) is 13.4 Å². The van der Waals surface area contributed by atoms with E-state index in [0.717, 1.165) is 0 Å². The number of furan rings is 1. The largest absolute Gasteiger partial charge is 0.495 e. The van der Waals surface area contributed by atoms with E-state index in [9.17, 15) is 8.42 Å². The summed E-state index contributed by atoms with van der Waals surface area (Å²) in [5, 5.41) is 0.331. The SMILES string of the molecule is COc1ccc(Cl)cc1S(=O)(=O)NCCc1ccco1. The molecule has 0 bridgehead atoms. The van der Waals surface area contributed by atoms with Crippen molar-refractivity contribution in [3.8, 4) is 5.75 Å². The summed E-state index contributed by atoms with van der Waals surface area (Å²) in [6, 6.07) is 7.99. The Morgan fingerprint density at radius 2 is 2.15 bits per heavy atom. The minimum Gasteiger partial charge on any atom is -0.495 e. The Morgan fingerprint density at radius 1 is 1.35 bits per heavy atom.